The van der Waals surface area contributed by atoms with E-state index in [4.69, 9.17) is 16.0 Å². The summed E-state index contributed by atoms with van der Waals surface area (Å²) in [7, 11) is -3.78. The summed E-state index contributed by atoms with van der Waals surface area (Å²) < 4.78 is 44.6. The smallest absolute Gasteiger partial charge is 0.329 e. The Bertz CT molecular complexity index is 784. The van der Waals surface area contributed by atoms with Gasteiger partial charge in [-0.1, -0.05) is 43.5 Å². The summed E-state index contributed by atoms with van der Waals surface area (Å²) in [4.78, 5) is 0. The van der Waals surface area contributed by atoms with Crippen LogP contribution in [0.15, 0.2) is 22.6 Å². The monoisotopic (exact) mass is 347 g/mol. The summed E-state index contributed by atoms with van der Waals surface area (Å²) >= 11 is 5.63. The van der Waals surface area contributed by atoms with Crippen molar-refractivity contribution in [2.24, 2.45) is 0 Å². The summed E-state index contributed by atoms with van der Waals surface area (Å²) in [6, 6.07) is 3.50. The van der Waals surface area contributed by atoms with E-state index in [1.165, 1.54) is 12.1 Å². The third-order valence-electron chi connectivity index (χ3n) is 2.65. The number of hydrogen-bond donors (Lipinski definition) is 1. The number of benzene rings is 1. The van der Waals surface area contributed by atoms with Gasteiger partial charge in [0.25, 0.3) is 0 Å². The van der Waals surface area contributed by atoms with E-state index < -0.39 is 15.8 Å². The van der Waals surface area contributed by atoms with Gasteiger partial charge in [0.1, 0.15) is 5.82 Å². The molecule has 0 saturated heterocycles. The van der Waals surface area contributed by atoms with Crippen LogP contribution in [-0.2, 0) is 21.2 Å². The van der Waals surface area contributed by atoms with Crippen LogP contribution in [0.25, 0.3) is 0 Å². The van der Waals surface area contributed by atoms with Crippen LogP contribution in [0.4, 0.5) is 10.4 Å². The summed E-state index contributed by atoms with van der Waals surface area (Å²) in [6.45, 7) is 5.58. The second-order valence-corrected chi connectivity index (χ2v) is 7.90. The molecule has 9 heteroatoms. The minimum atomic E-state index is -3.78. The number of nitrogens with one attached hydrogen (secondary N) is 1. The number of aromatic nitrogens is 2. The van der Waals surface area contributed by atoms with Crippen LogP contribution in [0.3, 0.4) is 0 Å². The van der Waals surface area contributed by atoms with Gasteiger partial charge in [0.2, 0.25) is 15.9 Å². The molecule has 0 atom stereocenters. The van der Waals surface area contributed by atoms with Crippen LogP contribution in [0.2, 0.25) is 5.02 Å². The highest BCUT2D eigenvalue weighted by atomic mass is 35.5. The van der Waals surface area contributed by atoms with Gasteiger partial charge >= 0.3 is 6.01 Å². The van der Waals surface area contributed by atoms with E-state index in [9.17, 15) is 12.8 Å². The fourth-order valence-electron chi connectivity index (χ4n) is 1.59. The Morgan fingerprint density at radius 2 is 2.00 bits per heavy atom. The molecule has 0 aliphatic carbocycles. The lowest BCUT2D eigenvalue weighted by Gasteiger charge is -2.11. The summed E-state index contributed by atoms with van der Waals surface area (Å²) in [6.07, 6.45) is 0. The number of anilines is 1. The van der Waals surface area contributed by atoms with Crippen LogP contribution < -0.4 is 4.72 Å². The highest BCUT2D eigenvalue weighted by molar-refractivity contribution is 7.91. The molecule has 2 aromatic rings. The Balaban J connectivity index is 2.14. The highest BCUT2D eigenvalue weighted by Gasteiger charge is 2.23. The highest BCUT2D eigenvalue weighted by Crippen LogP contribution is 2.23. The summed E-state index contributed by atoms with van der Waals surface area (Å²) in [5.41, 5.74) is -0.0456. The molecule has 1 aromatic carbocycles. The number of rotatable bonds is 4. The van der Waals surface area contributed by atoms with Crippen molar-refractivity contribution >= 4 is 27.6 Å². The number of halogens is 2. The van der Waals surface area contributed by atoms with E-state index in [-0.39, 0.29) is 22.2 Å². The molecular formula is C13H15ClFN3O3S. The van der Waals surface area contributed by atoms with Crippen molar-refractivity contribution in [1.29, 1.82) is 0 Å². The first kappa shape index (κ1) is 16.7. The van der Waals surface area contributed by atoms with Gasteiger partial charge in [0, 0.05) is 5.41 Å². The molecule has 0 unspecified atom stereocenters. The fourth-order valence-corrected chi connectivity index (χ4v) is 2.83. The van der Waals surface area contributed by atoms with Gasteiger partial charge in [0.05, 0.1) is 10.8 Å². The van der Waals surface area contributed by atoms with Crippen molar-refractivity contribution in [2.75, 3.05) is 4.72 Å². The molecule has 1 aromatic heterocycles. The Kier molecular flexibility index (Phi) is 4.44. The van der Waals surface area contributed by atoms with Gasteiger partial charge in [-0.15, -0.1) is 5.10 Å². The first-order valence-corrected chi connectivity index (χ1v) is 8.38. The topological polar surface area (TPSA) is 85.1 Å². The molecule has 0 radical (unpaired) electrons. The Morgan fingerprint density at radius 1 is 1.32 bits per heavy atom. The van der Waals surface area contributed by atoms with Crippen molar-refractivity contribution in [1.82, 2.24) is 10.2 Å². The van der Waals surface area contributed by atoms with Crippen molar-refractivity contribution in [3.05, 3.63) is 40.5 Å². The van der Waals surface area contributed by atoms with Gasteiger partial charge in [-0.2, -0.15) is 0 Å². The minimum absolute atomic E-state index is 0.138. The molecule has 0 saturated carbocycles. The van der Waals surface area contributed by atoms with Crippen LogP contribution in [0, 0.1) is 5.82 Å². The zero-order valence-electron chi connectivity index (χ0n) is 12.2. The lowest BCUT2D eigenvalue weighted by Crippen LogP contribution is -2.15. The van der Waals surface area contributed by atoms with E-state index in [0.717, 1.165) is 6.07 Å². The zero-order chi connectivity index (χ0) is 16.5. The van der Waals surface area contributed by atoms with E-state index in [1.807, 2.05) is 20.8 Å². The van der Waals surface area contributed by atoms with E-state index in [1.54, 1.807) is 0 Å². The maximum atomic E-state index is 13.1. The van der Waals surface area contributed by atoms with Crippen molar-refractivity contribution in [3.8, 4) is 0 Å². The van der Waals surface area contributed by atoms with Crippen LogP contribution >= 0.6 is 11.6 Å². The third kappa shape index (κ3) is 4.17. The van der Waals surface area contributed by atoms with E-state index in [2.05, 4.69) is 14.9 Å². The zero-order valence-corrected chi connectivity index (χ0v) is 13.8. The molecule has 2 rings (SSSR count). The van der Waals surface area contributed by atoms with Gasteiger partial charge in [-0.05, 0) is 17.7 Å². The lowest BCUT2D eigenvalue weighted by atomic mass is 9.97. The number of hydrogen-bond acceptors (Lipinski definition) is 5. The van der Waals surface area contributed by atoms with Crippen molar-refractivity contribution < 1.29 is 17.2 Å². The van der Waals surface area contributed by atoms with Crippen molar-refractivity contribution in [2.45, 2.75) is 31.9 Å². The average molecular weight is 348 g/mol. The molecular weight excluding hydrogens is 333 g/mol. The maximum Gasteiger partial charge on any atom is 0.329 e. The normalized spacial score (nSPS) is 12.4. The lowest BCUT2D eigenvalue weighted by molar-refractivity contribution is 0.401. The molecule has 1 heterocycles. The van der Waals surface area contributed by atoms with Gasteiger partial charge < -0.3 is 4.42 Å². The Morgan fingerprint density at radius 3 is 2.55 bits per heavy atom. The average Bonchev–Trinajstić information content (AvgIpc) is 2.81. The molecule has 6 nitrogen and oxygen atoms in total. The molecule has 0 spiro atoms. The summed E-state index contributed by atoms with van der Waals surface area (Å²) in [5, 5.41) is 7.30. The van der Waals surface area contributed by atoms with Gasteiger partial charge in [-0.25, -0.2) is 17.5 Å². The first-order valence-electron chi connectivity index (χ1n) is 6.35. The molecule has 0 bridgehead atoms. The van der Waals surface area contributed by atoms with Crippen LogP contribution in [0.5, 0.6) is 0 Å². The van der Waals surface area contributed by atoms with E-state index in [0.29, 0.717) is 11.5 Å². The molecule has 0 aliphatic rings. The van der Waals surface area contributed by atoms with E-state index >= 15 is 0 Å². The standard InChI is InChI=1S/C13H15ClFN3O3S/c1-13(2,3)11-16-17-12(21-11)18-22(19,20)7-8-4-5-10(15)9(14)6-8/h4-6H,7H2,1-3H3,(H,17,18). The molecule has 22 heavy (non-hydrogen) atoms. The molecule has 0 amide bonds. The quantitative estimate of drug-likeness (QED) is 0.918. The maximum absolute atomic E-state index is 13.1. The molecule has 0 aliphatic heterocycles. The largest absolute Gasteiger partial charge is 0.407 e. The number of nitrogens with zero attached hydrogens (tertiary/aromatic N) is 2. The SMILES string of the molecule is CC(C)(C)c1nnc(NS(=O)(=O)Cc2ccc(F)c(Cl)c2)o1. The Hall–Kier alpha value is -1.67. The minimum Gasteiger partial charge on any atom is -0.407 e. The Labute approximate surface area is 132 Å². The number of sulfonamides is 1. The van der Waals surface area contributed by atoms with Crippen LogP contribution in [-0.4, -0.2) is 18.6 Å². The van der Waals surface area contributed by atoms with Gasteiger partial charge in [0.15, 0.2) is 0 Å². The first-order chi connectivity index (χ1) is 10.1. The van der Waals surface area contributed by atoms with Crippen molar-refractivity contribution in [3.63, 3.8) is 0 Å². The van der Waals surface area contributed by atoms with Gasteiger partial charge in [-0.3, -0.25) is 0 Å². The third-order valence-corrected chi connectivity index (χ3v) is 4.14. The predicted molar refractivity (Wildman–Crippen MR) is 80.7 cm³/mol. The molecule has 0 fully saturated rings. The predicted octanol–water partition coefficient (Wildman–Crippen LogP) is 3.10. The summed E-state index contributed by atoms with van der Waals surface area (Å²) in [5.74, 6) is -0.683. The second kappa shape index (κ2) is 5.85. The molecule has 120 valence electrons. The molecule has 1 N–H and O–H groups in total. The fraction of sp³-hybridized carbons (Fsp3) is 0.385. The second-order valence-electron chi connectivity index (χ2n) is 5.77. The van der Waals surface area contributed by atoms with Crippen LogP contribution in [0.1, 0.15) is 32.2 Å².